The Labute approximate surface area is 174 Å². The van der Waals surface area contributed by atoms with Crippen molar-refractivity contribution in [3.8, 4) is 0 Å². The van der Waals surface area contributed by atoms with Gasteiger partial charge in [-0.25, -0.2) is 10.8 Å². The van der Waals surface area contributed by atoms with Gasteiger partial charge in [-0.2, -0.15) is 13.2 Å². The average molecular weight is 450 g/mol. The van der Waals surface area contributed by atoms with Crippen LogP contribution in [-0.4, -0.2) is 54.8 Å². The van der Waals surface area contributed by atoms with E-state index in [1.54, 1.807) is 4.90 Å². The monoisotopic (exact) mass is 449 g/mol. The van der Waals surface area contributed by atoms with Gasteiger partial charge < -0.3 is 19.2 Å². The zero-order chi connectivity index (χ0) is 21.5. The van der Waals surface area contributed by atoms with Crippen molar-refractivity contribution in [1.82, 2.24) is 10.4 Å². The van der Waals surface area contributed by atoms with Crippen LogP contribution < -0.4 is 16.2 Å². The van der Waals surface area contributed by atoms with E-state index in [0.29, 0.717) is 25.9 Å². The molecule has 1 spiro atoms. The van der Waals surface area contributed by atoms with Crippen LogP contribution >= 0.6 is 11.6 Å². The Kier molecular flexibility index (Phi) is 5.51. The lowest BCUT2D eigenvalue weighted by atomic mass is 9.98. The van der Waals surface area contributed by atoms with Crippen LogP contribution in [-0.2, 0) is 25.3 Å². The number of halogens is 4. The lowest BCUT2D eigenvalue weighted by Gasteiger charge is -2.41. The van der Waals surface area contributed by atoms with Gasteiger partial charge >= 0.3 is 6.18 Å². The molecule has 1 amide bonds. The number of carbonyl (C=O) groups excluding carboxylic acids is 1. The number of oxime groups is 1. The largest absolute Gasteiger partial charge is 0.417 e. The minimum absolute atomic E-state index is 0.0694. The van der Waals surface area contributed by atoms with E-state index in [-0.39, 0.29) is 29.8 Å². The number of piperidine rings is 1. The molecule has 4 heterocycles. The minimum atomic E-state index is -4.51. The average Bonchev–Trinajstić information content (AvgIpc) is 3.05. The van der Waals surface area contributed by atoms with Gasteiger partial charge in [0.2, 0.25) is 0 Å². The Morgan fingerprint density at radius 3 is 2.63 bits per heavy atom. The van der Waals surface area contributed by atoms with E-state index in [2.05, 4.69) is 10.1 Å². The van der Waals surface area contributed by atoms with Crippen LogP contribution in [0.4, 0.5) is 19.0 Å². The van der Waals surface area contributed by atoms with Crippen LogP contribution in [0.25, 0.3) is 0 Å². The van der Waals surface area contributed by atoms with E-state index in [4.69, 9.17) is 31.8 Å². The van der Waals surface area contributed by atoms with Crippen LogP contribution in [0.2, 0.25) is 5.02 Å². The number of hydrogen-bond donors (Lipinski definition) is 2. The Morgan fingerprint density at radius 2 is 2.00 bits per heavy atom. The molecule has 13 heteroatoms. The van der Waals surface area contributed by atoms with Gasteiger partial charge in [-0.05, 0) is 6.07 Å². The number of carbonyl (C=O) groups is 1. The summed E-state index contributed by atoms with van der Waals surface area (Å²) in [5, 5.41) is 3.70. The number of fused-ring (bicyclic) bond motifs is 1. The molecule has 1 aromatic heterocycles. The third kappa shape index (κ3) is 3.92. The molecule has 0 saturated carbocycles. The molecule has 2 saturated heterocycles. The van der Waals surface area contributed by atoms with Gasteiger partial charge in [0.15, 0.2) is 17.6 Å². The van der Waals surface area contributed by atoms with Crippen LogP contribution in [0.1, 0.15) is 18.4 Å². The summed E-state index contributed by atoms with van der Waals surface area (Å²) in [5.74, 6) is 3.61. The number of anilines is 1. The molecule has 3 N–H and O–H groups in total. The first-order valence-electron chi connectivity index (χ1n) is 9.23. The number of nitrogens with two attached hydrogens (primary N) is 1. The van der Waals surface area contributed by atoms with E-state index in [0.717, 1.165) is 12.3 Å². The van der Waals surface area contributed by atoms with Gasteiger partial charge in [-0.1, -0.05) is 16.8 Å². The van der Waals surface area contributed by atoms with Gasteiger partial charge in [-0.15, -0.1) is 0 Å². The number of hydrazine groups is 1. The number of amides is 1. The lowest BCUT2D eigenvalue weighted by Crippen LogP contribution is -2.48. The summed E-state index contributed by atoms with van der Waals surface area (Å²) in [6, 6.07) is 0.870. The topological polar surface area (TPSA) is 111 Å². The first-order chi connectivity index (χ1) is 14.2. The molecule has 164 valence electrons. The first-order valence-corrected chi connectivity index (χ1v) is 9.60. The third-order valence-electron chi connectivity index (χ3n) is 5.46. The molecule has 3 aliphatic heterocycles. The number of nitrogens with zero attached hydrogens (tertiary/aromatic N) is 3. The fourth-order valence-electron chi connectivity index (χ4n) is 3.74. The van der Waals surface area contributed by atoms with Gasteiger partial charge in [-0.3, -0.25) is 10.2 Å². The lowest BCUT2D eigenvalue weighted by molar-refractivity contribution is -0.240. The van der Waals surface area contributed by atoms with Crippen molar-refractivity contribution in [3.63, 3.8) is 0 Å². The van der Waals surface area contributed by atoms with Crippen molar-refractivity contribution < 1.29 is 32.3 Å². The fourth-order valence-corrected chi connectivity index (χ4v) is 4.03. The quantitative estimate of drug-likeness (QED) is 0.399. The smallest absolute Gasteiger partial charge is 0.389 e. The summed E-state index contributed by atoms with van der Waals surface area (Å²) in [5.41, 5.74) is 1.29. The standard InChI is InChI=1S/C17H19ClF3N5O4/c18-11-5-9(17(19,20)21)6-23-14(11)26-3-1-16(2-4-26)28-7-10-12(8-29-16)30-25-13(10)15(27)24-22/h5-6,10,12H,1-4,7-8,22H2,(H,24,27). The van der Waals surface area contributed by atoms with E-state index >= 15 is 0 Å². The molecular weight excluding hydrogens is 431 g/mol. The summed E-state index contributed by atoms with van der Waals surface area (Å²) in [6.07, 6.45) is -3.33. The van der Waals surface area contributed by atoms with Crippen molar-refractivity contribution in [2.24, 2.45) is 16.9 Å². The van der Waals surface area contributed by atoms with Gasteiger partial charge in [0.1, 0.15) is 5.82 Å². The predicted octanol–water partition coefficient (Wildman–Crippen LogP) is 1.46. The van der Waals surface area contributed by atoms with Crippen LogP contribution in [0, 0.1) is 5.92 Å². The Bertz CT molecular complexity index is 860. The van der Waals surface area contributed by atoms with Crippen LogP contribution in [0.5, 0.6) is 0 Å². The first kappa shape index (κ1) is 21.1. The number of pyridine rings is 1. The van der Waals surface area contributed by atoms with E-state index in [1.165, 1.54) is 0 Å². The van der Waals surface area contributed by atoms with E-state index in [9.17, 15) is 18.0 Å². The highest BCUT2D eigenvalue weighted by Crippen LogP contribution is 2.38. The van der Waals surface area contributed by atoms with Crippen molar-refractivity contribution in [2.75, 3.05) is 31.2 Å². The third-order valence-corrected chi connectivity index (χ3v) is 5.74. The van der Waals surface area contributed by atoms with E-state index in [1.807, 2.05) is 5.43 Å². The van der Waals surface area contributed by atoms with Crippen LogP contribution in [0.15, 0.2) is 17.4 Å². The molecule has 4 rings (SSSR count). The second kappa shape index (κ2) is 7.84. The number of nitrogens with one attached hydrogen (secondary N) is 1. The Morgan fingerprint density at radius 1 is 1.30 bits per heavy atom. The molecule has 2 unspecified atom stereocenters. The van der Waals surface area contributed by atoms with Gasteiger partial charge in [0, 0.05) is 32.1 Å². The van der Waals surface area contributed by atoms with Crippen molar-refractivity contribution in [1.29, 1.82) is 0 Å². The molecule has 3 aliphatic rings. The molecule has 2 fully saturated rings. The predicted molar refractivity (Wildman–Crippen MR) is 98.5 cm³/mol. The van der Waals surface area contributed by atoms with Crippen molar-refractivity contribution >= 4 is 29.0 Å². The molecule has 0 aliphatic carbocycles. The van der Waals surface area contributed by atoms with Crippen LogP contribution in [0.3, 0.4) is 0 Å². The minimum Gasteiger partial charge on any atom is -0.389 e. The summed E-state index contributed by atoms with van der Waals surface area (Å²) in [7, 11) is 0. The number of ether oxygens (including phenoxy) is 2. The van der Waals surface area contributed by atoms with Crippen molar-refractivity contribution in [3.05, 3.63) is 22.8 Å². The summed E-state index contributed by atoms with van der Waals surface area (Å²) in [6.45, 7) is 1.17. The molecule has 0 bridgehead atoms. The highest BCUT2D eigenvalue weighted by molar-refractivity contribution is 6.39. The van der Waals surface area contributed by atoms with E-state index < -0.39 is 35.5 Å². The normalized spacial score (nSPS) is 25.9. The van der Waals surface area contributed by atoms with Gasteiger partial charge in [0.05, 0.1) is 29.7 Å². The maximum atomic E-state index is 12.8. The Hall–Kier alpha value is -2.15. The highest BCUT2D eigenvalue weighted by atomic mass is 35.5. The molecule has 1 aromatic rings. The molecule has 30 heavy (non-hydrogen) atoms. The number of rotatable bonds is 2. The Balaban J connectivity index is 1.41. The zero-order valence-electron chi connectivity index (χ0n) is 15.6. The highest BCUT2D eigenvalue weighted by Gasteiger charge is 2.47. The molecule has 0 radical (unpaired) electrons. The maximum absolute atomic E-state index is 12.8. The number of aromatic nitrogens is 1. The maximum Gasteiger partial charge on any atom is 0.417 e. The molecular formula is C17H19ClF3N5O4. The summed E-state index contributed by atoms with van der Waals surface area (Å²) in [4.78, 5) is 22.8. The van der Waals surface area contributed by atoms with Crippen molar-refractivity contribution in [2.45, 2.75) is 30.9 Å². The zero-order valence-corrected chi connectivity index (χ0v) is 16.4. The van der Waals surface area contributed by atoms with Gasteiger partial charge in [0.25, 0.3) is 5.91 Å². The second-order valence-corrected chi connectivity index (χ2v) is 7.65. The molecule has 9 nitrogen and oxygen atoms in total. The number of alkyl halides is 3. The SMILES string of the molecule is NNC(=O)C1=NOC2COC3(CCN(c4ncc(C(F)(F)F)cc4Cl)CC3)OCC12. The summed E-state index contributed by atoms with van der Waals surface area (Å²) >= 11 is 6.05. The second-order valence-electron chi connectivity index (χ2n) is 7.25. The number of hydrogen-bond acceptors (Lipinski definition) is 8. The molecule has 0 aromatic carbocycles. The summed E-state index contributed by atoms with van der Waals surface area (Å²) < 4.78 is 50.5. The fraction of sp³-hybridized carbons (Fsp3) is 0.588. The molecule has 2 atom stereocenters.